The number of halogens is 2. The van der Waals surface area contributed by atoms with Crippen molar-refractivity contribution in [1.29, 1.82) is 0 Å². The number of methoxy groups -OCH3 is 1. The average molecular weight is 579 g/mol. The van der Waals surface area contributed by atoms with Gasteiger partial charge in [-0.25, -0.2) is 5.43 Å². The quantitative estimate of drug-likeness (QED) is 0.171. The molecule has 1 amide bonds. The molecular weight excluding hydrogens is 558 g/mol. The number of rotatable bonds is 11. The minimum Gasteiger partial charge on any atom is -0.493 e. The lowest BCUT2D eigenvalue weighted by Crippen LogP contribution is -2.19. The summed E-state index contributed by atoms with van der Waals surface area (Å²) in [4.78, 5) is 22.3. The number of benzene rings is 3. The minimum absolute atomic E-state index is 0.0364. The van der Waals surface area contributed by atoms with Gasteiger partial charge in [0.25, 0.3) is 5.69 Å². The molecule has 8 nitrogen and oxygen atoms in total. The van der Waals surface area contributed by atoms with Crippen molar-refractivity contribution in [2.75, 3.05) is 12.9 Å². The maximum atomic E-state index is 12.1. The van der Waals surface area contributed by atoms with Gasteiger partial charge in [-0.3, -0.25) is 14.9 Å². The highest BCUT2D eigenvalue weighted by Crippen LogP contribution is 2.37. The zero-order chi connectivity index (χ0) is 25.2. The molecule has 35 heavy (non-hydrogen) atoms. The number of nitro groups is 1. The largest absolute Gasteiger partial charge is 0.493 e. The second-order valence-corrected chi connectivity index (χ2v) is 9.37. The molecule has 0 atom stereocenters. The number of hydrogen-bond acceptors (Lipinski definition) is 7. The number of carbonyl (C=O) groups is 1. The highest BCUT2D eigenvalue weighted by molar-refractivity contribution is 9.10. The van der Waals surface area contributed by atoms with E-state index in [2.05, 4.69) is 26.5 Å². The van der Waals surface area contributed by atoms with Crippen molar-refractivity contribution in [2.45, 2.75) is 12.4 Å². The zero-order valence-electron chi connectivity index (χ0n) is 18.6. The third-order valence-electron chi connectivity index (χ3n) is 4.63. The number of hydrogen-bond donors (Lipinski definition) is 1. The van der Waals surface area contributed by atoms with Crippen molar-refractivity contribution >= 4 is 57.1 Å². The van der Waals surface area contributed by atoms with Gasteiger partial charge in [0.15, 0.2) is 11.5 Å². The van der Waals surface area contributed by atoms with Crippen molar-refractivity contribution in [3.8, 4) is 11.5 Å². The third-order valence-corrected chi connectivity index (χ3v) is 6.60. The van der Waals surface area contributed by atoms with Gasteiger partial charge in [-0.15, -0.1) is 11.8 Å². The van der Waals surface area contributed by atoms with Gasteiger partial charge < -0.3 is 9.47 Å². The highest BCUT2D eigenvalue weighted by atomic mass is 79.9. The predicted octanol–water partition coefficient (Wildman–Crippen LogP) is 5.98. The smallest absolute Gasteiger partial charge is 0.269 e. The van der Waals surface area contributed by atoms with Crippen molar-refractivity contribution in [3.05, 3.63) is 97.0 Å². The number of hydrazone groups is 1. The molecule has 0 aliphatic rings. The molecule has 3 rings (SSSR count). The summed E-state index contributed by atoms with van der Waals surface area (Å²) in [6.45, 7) is 0.273. The predicted molar refractivity (Wildman–Crippen MR) is 141 cm³/mol. The Morgan fingerprint density at radius 2 is 1.97 bits per heavy atom. The molecule has 0 fully saturated rings. The van der Waals surface area contributed by atoms with Gasteiger partial charge in [0.05, 0.1) is 28.5 Å². The Bertz CT molecular complexity index is 1220. The molecule has 0 bridgehead atoms. The summed E-state index contributed by atoms with van der Waals surface area (Å²) in [6, 6.07) is 17.2. The molecule has 3 aromatic rings. The van der Waals surface area contributed by atoms with Gasteiger partial charge in [-0.05, 0) is 45.3 Å². The second kappa shape index (κ2) is 13.1. The first-order valence-electron chi connectivity index (χ1n) is 10.2. The van der Waals surface area contributed by atoms with E-state index in [1.165, 1.54) is 37.2 Å². The molecule has 182 valence electrons. The molecule has 0 saturated carbocycles. The van der Waals surface area contributed by atoms with E-state index < -0.39 is 4.92 Å². The number of nitrogens with zero attached hydrogens (tertiary/aromatic N) is 2. The maximum Gasteiger partial charge on any atom is 0.269 e. The summed E-state index contributed by atoms with van der Waals surface area (Å²) < 4.78 is 12.0. The number of nitro benzene ring substituents is 1. The molecule has 0 spiro atoms. The maximum absolute atomic E-state index is 12.1. The summed E-state index contributed by atoms with van der Waals surface area (Å²) >= 11 is 11.1. The van der Waals surface area contributed by atoms with Gasteiger partial charge in [0.1, 0.15) is 6.61 Å². The molecule has 0 aliphatic heterocycles. The Morgan fingerprint density at radius 1 is 1.23 bits per heavy atom. The molecule has 3 aromatic carbocycles. The summed E-state index contributed by atoms with van der Waals surface area (Å²) in [5, 5.41) is 15.3. The van der Waals surface area contributed by atoms with Crippen LogP contribution in [0.25, 0.3) is 0 Å². The Balaban J connectivity index is 1.51. The van der Waals surface area contributed by atoms with Gasteiger partial charge in [-0.2, -0.15) is 5.10 Å². The molecule has 0 aromatic heterocycles. The van der Waals surface area contributed by atoms with Crippen LogP contribution in [-0.2, 0) is 17.2 Å². The van der Waals surface area contributed by atoms with E-state index in [4.69, 9.17) is 21.1 Å². The zero-order valence-corrected chi connectivity index (χ0v) is 21.7. The summed E-state index contributed by atoms with van der Waals surface area (Å²) in [5.74, 6) is 1.50. The van der Waals surface area contributed by atoms with Gasteiger partial charge in [0.2, 0.25) is 5.91 Å². The first kappa shape index (κ1) is 26.5. The molecule has 0 heterocycles. The lowest BCUT2D eigenvalue weighted by atomic mass is 10.2. The minimum atomic E-state index is -0.447. The Hall–Kier alpha value is -3.08. The molecule has 0 aliphatic carbocycles. The second-order valence-electron chi connectivity index (χ2n) is 7.12. The van der Waals surface area contributed by atoms with Gasteiger partial charge in [-0.1, -0.05) is 41.9 Å². The Kier molecular flexibility index (Phi) is 9.95. The van der Waals surface area contributed by atoms with E-state index in [1.807, 2.05) is 18.2 Å². The van der Waals surface area contributed by atoms with E-state index >= 15 is 0 Å². The fourth-order valence-electron chi connectivity index (χ4n) is 2.91. The molecule has 0 saturated heterocycles. The van der Waals surface area contributed by atoms with E-state index in [-0.39, 0.29) is 24.0 Å². The monoisotopic (exact) mass is 577 g/mol. The third kappa shape index (κ3) is 7.98. The van der Waals surface area contributed by atoms with E-state index in [9.17, 15) is 14.9 Å². The number of amides is 1. The number of carbonyl (C=O) groups excluding carboxylic acids is 1. The highest BCUT2D eigenvalue weighted by Gasteiger charge is 2.12. The van der Waals surface area contributed by atoms with Crippen LogP contribution in [0.2, 0.25) is 5.02 Å². The SMILES string of the molecule is COc1cc(/C=N\NC(=O)CSCc2ccc([N+](=O)[O-])cc2)cc(Br)c1OCc1ccccc1Cl. The first-order chi connectivity index (χ1) is 16.9. The Labute approximate surface area is 219 Å². The number of ether oxygens (including phenoxy) is 2. The number of nitrogens with one attached hydrogen (secondary N) is 1. The van der Waals surface area contributed by atoms with E-state index in [1.54, 1.807) is 30.3 Å². The van der Waals surface area contributed by atoms with Crippen LogP contribution >= 0.6 is 39.3 Å². The van der Waals surface area contributed by atoms with Crippen LogP contribution in [0.3, 0.4) is 0 Å². The van der Waals surface area contributed by atoms with Gasteiger partial charge >= 0.3 is 0 Å². The molecule has 0 radical (unpaired) electrons. The van der Waals surface area contributed by atoms with Crippen LogP contribution < -0.4 is 14.9 Å². The standard InChI is InChI=1S/C24H21BrClN3O5S/c1-33-22-11-17(10-20(25)24(22)34-13-18-4-2-3-5-21(18)26)12-27-28-23(30)15-35-14-16-6-8-19(9-7-16)29(31)32/h2-12H,13-15H2,1H3,(H,28,30)/b27-12-. The lowest BCUT2D eigenvalue weighted by Gasteiger charge is -2.14. The van der Waals surface area contributed by atoms with Crippen LogP contribution in [0, 0.1) is 10.1 Å². The van der Waals surface area contributed by atoms with Crippen molar-refractivity contribution in [2.24, 2.45) is 5.10 Å². The molecular formula is C24H21BrClN3O5S. The average Bonchev–Trinajstić information content (AvgIpc) is 2.84. The topological polar surface area (TPSA) is 103 Å². The van der Waals surface area contributed by atoms with Crippen molar-refractivity contribution in [3.63, 3.8) is 0 Å². The van der Waals surface area contributed by atoms with Crippen LogP contribution in [0.15, 0.2) is 70.2 Å². The van der Waals surface area contributed by atoms with Crippen LogP contribution in [-0.4, -0.2) is 29.9 Å². The molecule has 0 unspecified atom stereocenters. The van der Waals surface area contributed by atoms with E-state index in [0.717, 1.165) is 11.1 Å². The van der Waals surface area contributed by atoms with Crippen molar-refractivity contribution < 1.29 is 19.2 Å². The summed E-state index contributed by atoms with van der Waals surface area (Å²) in [5.41, 5.74) is 4.96. The summed E-state index contributed by atoms with van der Waals surface area (Å²) in [7, 11) is 1.54. The lowest BCUT2D eigenvalue weighted by molar-refractivity contribution is -0.384. The van der Waals surface area contributed by atoms with Crippen molar-refractivity contribution in [1.82, 2.24) is 5.43 Å². The molecule has 1 N–H and O–H groups in total. The van der Waals surface area contributed by atoms with Crippen LogP contribution in [0.4, 0.5) is 5.69 Å². The number of non-ortho nitro benzene ring substituents is 1. The van der Waals surface area contributed by atoms with E-state index in [0.29, 0.717) is 32.3 Å². The fraction of sp³-hybridized carbons (Fsp3) is 0.167. The fourth-order valence-corrected chi connectivity index (χ4v) is 4.45. The summed E-state index contributed by atoms with van der Waals surface area (Å²) in [6.07, 6.45) is 1.50. The molecule has 11 heteroatoms. The normalized spacial score (nSPS) is 10.8. The van der Waals surface area contributed by atoms with Crippen LogP contribution in [0.5, 0.6) is 11.5 Å². The van der Waals surface area contributed by atoms with Crippen LogP contribution in [0.1, 0.15) is 16.7 Å². The number of thioether (sulfide) groups is 1. The van der Waals surface area contributed by atoms with Gasteiger partial charge in [0, 0.05) is 28.5 Å². The first-order valence-corrected chi connectivity index (χ1v) is 12.6. The Morgan fingerprint density at radius 3 is 2.66 bits per heavy atom.